The fraction of sp³-hybridized carbons (Fsp3) is 0.333. The van der Waals surface area contributed by atoms with Gasteiger partial charge in [0.05, 0.1) is 17.6 Å². The van der Waals surface area contributed by atoms with Crippen molar-refractivity contribution in [3.05, 3.63) is 64.7 Å². The number of Topliss-reactive ketones (excluding diaryl/α,β-unsaturated/α-hetero) is 1. The van der Waals surface area contributed by atoms with Gasteiger partial charge in [0.15, 0.2) is 5.78 Å². The predicted molar refractivity (Wildman–Crippen MR) is 101 cm³/mol. The quantitative estimate of drug-likeness (QED) is 0.779. The van der Waals surface area contributed by atoms with Crippen LogP contribution in [0.4, 0.5) is 10.1 Å². The summed E-state index contributed by atoms with van der Waals surface area (Å²) in [7, 11) is 2.13. The highest BCUT2D eigenvalue weighted by Crippen LogP contribution is 2.27. The second-order valence-corrected chi connectivity index (χ2v) is 7.03. The van der Waals surface area contributed by atoms with Gasteiger partial charge < -0.3 is 9.80 Å². The van der Waals surface area contributed by atoms with Crippen LogP contribution in [-0.4, -0.2) is 48.9 Å². The molecule has 134 valence electrons. The van der Waals surface area contributed by atoms with E-state index in [4.69, 9.17) is 0 Å². The van der Waals surface area contributed by atoms with Gasteiger partial charge in [-0.05, 0) is 55.8 Å². The molecule has 1 aromatic heterocycles. The zero-order valence-corrected chi connectivity index (χ0v) is 14.9. The number of halogens is 1. The van der Waals surface area contributed by atoms with Crippen molar-refractivity contribution in [1.29, 1.82) is 0 Å². The number of likely N-dealkylation sites (N-methyl/N-ethyl adjacent to an activating group) is 1. The first-order valence-corrected chi connectivity index (χ1v) is 9.03. The monoisotopic (exact) mass is 351 g/mol. The predicted octanol–water partition coefficient (Wildman–Crippen LogP) is 3.19. The van der Waals surface area contributed by atoms with Gasteiger partial charge in [-0.25, -0.2) is 4.39 Å². The molecule has 1 aliphatic heterocycles. The summed E-state index contributed by atoms with van der Waals surface area (Å²) in [4.78, 5) is 21.8. The van der Waals surface area contributed by atoms with Crippen molar-refractivity contribution >= 4 is 17.5 Å². The second-order valence-electron chi connectivity index (χ2n) is 7.03. The summed E-state index contributed by atoms with van der Waals surface area (Å²) in [6.07, 6.45) is 5.13. The number of hydrogen-bond donors (Lipinski definition) is 0. The maximum atomic E-state index is 13.5. The fourth-order valence-electron chi connectivity index (χ4n) is 3.58. The highest BCUT2D eigenvalue weighted by Gasteiger charge is 2.22. The Morgan fingerprint density at radius 3 is 2.62 bits per heavy atom. The van der Waals surface area contributed by atoms with E-state index in [0.29, 0.717) is 17.6 Å². The van der Waals surface area contributed by atoms with Gasteiger partial charge in [-0.1, -0.05) is 6.07 Å². The Kier molecular flexibility index (Phi) is 4.55. The summed E-state index contributed by atoms with van der Waals surface area (Å²) < 4.78 is 13.5. The van der Waals surface area contributed by atoms with Crippen LogP contribution in [0, 0.1) is 5.82 Å². The average molecular weight is 351 g/mol. The zero-order chi connectivity index (χ0) is 18.1. The van der Waals surface area contributed by atoms with Gasteiger partial charge in [-0.2, -0.15) is 0 Å². The first-order valence-electron chi connectivity index (χ1n) is 9.03. The second kappa shape index (κ2) is 7.00. The smallest absolute Gasteiger partial charge is 0.189 e. The number of allylic oxidation sites excluding steroid dienone is 1. The number of aromatic nitrogens is 1. The Morgan fingerprint density at radius 2 is 1.88 bits per heavy atom. The number of aryl methyl sites for hydroxylation is 1. The summed E-state index contributed by atoms with van der Waals surface area (Å²) in [6.45, 7) is 4.10. The molecule has 0 unspecified atom stereocenters. The largest absolute Gasteiger partial charge is 0.368 e. The third-order valence-electron chi connectivity index (χ3n) is 5.23. The summed E-state index contributed by atoms with van der Waals surface area (Å²) in [5.41, 5.74) is 3.99. The fourth-order valence-corrected chi connectivity index (χ4v) is 3.58. The van der Waals surface area contributed by atoms with Crippen LogP contribution < -0.4 is 4.90 Å². The number of pyridine rings is 1. The summed E-state index contributed by atoms with van der Waals surface area (Å²) >= 11 is 0. The number of nitrogens with zero attached hydrogens (tertiary/aromatic N) is 3. The van der Waals surface area contributed by atoms with Crippen LogP contribution in [0.25, 0.3) is 6.08 Å². The molecule has 2 aliphatic rings. The maximum Gasteiger partial charge on any atom is 0.189 e. The van der Waals surface area contributed by atoms with E-state index < -0.39 is 0 Å². The average Bonchev–Trinajstić information content (AvgIpc) is 2.66. The molecule has 4 nitrogen and oxygen atoms in total. The van der Waals surface area contributed by atoms with Crippen LogP contribution in [0.15, 0.2) is 42.1 Å². The van der Waals surface area contributed by atoms with Crippen LogP contribution in [0.2, 0.25) is 0 Å². The molecule has 0 radical (unpaired) electrons. The van der Waals surface area contributed by atoms with E-state index in [2.05, 4.69) is 27.9 Å². The van der Waals surface area contributed by atoms with Gasteiger partial charge in [-0.3, -0.25) is 9.78 Å². The molecule has 4 rings (SSSR count). The van der Waals surface area contributed by atoms with Crippen molar-refractivity contribution in [2.24, 2.45) is 0 Å². The number of hydrogen-bond acceptors (Lipinski definition) is 4. The Bertz CT molecular complexity index is 852. The molecule has 1 aromatic carbocycles. The minimum Gasteiger partial charge on any atom is -0.368 e. The van der Waals surface area contributed by atoms with Crippen LogP contribution in [0.1, 0.15) is 28.0 Å². The molecule has 0 N–H and O–H groups in total. The standard InChI is InChI=1S/C21H22FN3O/c1-24-8-10-25(11-9-24)19-7-6-18(23-14-19)12-16-3-2-15-4-5-17(22)13-20(15)21(16)26/h4-7,12-14H,2-3,8-11H2,1H3/b16-12+. The first kappa shape index (κ1) is 16.9. The van der Waals surface area contributed by atoms with Crippen LogP contribution in [-0.2, 0) is 6.42 Å². The summed E-state index contributed by atoms with van der Waals surface area (Å²) in [5, 5.41) is 0. The number of rotatable bonds is 2. The molecule has 2 heterocycles. The number of anilines is 1. The van der Waals surface area contributed by atoms with Gasteiger partial charge in [0.25, 0.3) is 0 Å². The van der Waals surface area contributed by atoms with Gasteiger partial charge >= 0.3 is 0 Å². The lowest BCUT2D eigenvalue weighted by Gasteiger charge is -2.33. The van der Waals surface area contributed by atoms with Gasteiger partial charge in [0.1, 0.15) is 5.82 Å². The van der Waals surface area contributed by atoms with Crippen molar-refractivity contribution in [1.82, 2.24) is 9.88 Å². The molecule has 5 heteroatoms. The first-order chi connectivity index (χ1) is 12.6. The summed E-state index contributed by atoms with van der Waals surface area (Å²) in [6, 6.07) is 8.48. The Balaban J connectivity index is 1.52. The molecule has 1 fully saturated rings. The molecule has 0 spiro atoms. The maximum absolute atomic E-state index is 13.5. The van der Waals surface area contributed by atoms with E-state index in [-0.39, 0.29) is 11.6 Å². The molecule has 1 saturated heterocycles. The number of piperazine rings is 1. The number of carbonyl (C=O) groups is 1. The number of fused-ring (bicyclic) bond motifs is 1. The molecular formula is C21H22FN3O. The molecule has 0 saturated carbocycles. The third-order valence-corrected chi connectivity index (χ3v) is 5.23. The van der Waals surface area contributed by atoms with Crippen molar-refractivity contribution in [2.75, 3.05) is 38.1 Å². The van der Waals surface area contributed by atoms with Crippen molar-refractivity contribution in [3.63, 3.8) is 0 Å². The molecular weight excluding hydrogens is 329 g/mol. The van der Waals surface area contributed by atoms with E-state index in [1.165, 1.54) is 12.1 Å². The van der Waals surface area contributed by atoms with E-state index in [0.717, 1.165) is 49.5 Å². The van der Waals surface area contributed by atoms with Crippen molar-refractivity contribution < 1.29 is 9.18 Å². The van der Waals surface area contributed by atoms with Crippen molar-refractivity contribution in [2.45, 2.75) is 12.8 Å². The van der Waals surface area contributed by atoms with Gasteiger partial charge in [0, 0.05) is 37.3 Å². The number of benzene rings is 1. The van der Waals surface area contributed by atoms with Crippen LogP contribution >= 0.6 is 0 Å². The SMILES string of the molecule is CN1CCN(c2ccc(/C=C3\CCc4ccc(F)cc4C3=O)nc2)CC1. The molecule has 0 amide bonds. The highest BCUT2D eigenvalue weighted by atomic mass is 19.1. The van der Waals surface area contributed by atoms with Gasteiger partial charge in [0.2, 0.25) is 0 Å². The number of ketones is 1. The molecule has 1 aliphatic carbocycles. The van der Waals surface area contributed by atoms with Gasteiger partial charge in [-0.15, -0.1) is 0 Å². The van der Waals surface area contributed by atoms with E-state index in [9.17, 15) is 9.18 Å². The molecule has 0 bridgehead atoms. The third kappa shape index (κ3) is 3.40. The number of carbonyl (C=O) groups excluding carboxylic acids is 1. The normalized spacial score (nSPS) is 19.7. The Hall–Kier alpha value is -2.53. The van der Waals surface area contributed by atoms with Crippen LogP contribution in [0.3, 0.4) is 0 Å². The lowest BCUT2D eigenvalue weighted by Crippen LogP contribution is -2.44. The van der Waals surface area contributed by atoms with E-state index in [1.807, 2.05) is 18.3 Å². The molecule has 26 heavy (non-hydrogen) atoms. The lowest BCUT2D eigenvalue weighted by molar-refractivity contribution is 0.102. The Morgan fingerprint density at radius 1 is 1.08 bits per heavy atom. The van der Waals surface area contributed by atoms with Crippen molar-refractivity contribution in [3.8, 4) is 0 Å². The van der Waals surface area contributed by atoms with E-state index >= 15 is 0 Å². The summed E-state index contributed by atoms with van der Waals surface area (Å²) in [5.74, 6) is -0.455. The minimum absolute atomic E-state index is 0.0873. The topological polar surface area (TPSA) is 36.4 Å². The molecule has 0 atom stereocenters. The minimum atomic E-state index is -0.368. The lowest BCUT2D eigenvalue weighted by atomic mass is 9.86. The molecule has 2 aromatic rings. The highest BCUT2D eigenvalue weighted by molar-refractivity contribution is 6.13. The zero-order valence-electron chi connectivity index (χ0n) is 14.9. The van der Waals surface area contributed by atoms with Crippen LogP contribution in [0.5, 0.6) is 0 Å². The van der Waals surface area contributed by atoms with E-state index in [1.54, 1.807) is 6.07 Å². The Labute approximate surface area is 153 Å².